The summed E-state index contributed by atoms with van der Waals surface area (Å²) in [4.78, 5) is 0. The highest BCUT2D eigenvalue weighted by Crippen LogP contribution is 2.02. The highest BCUT2D eigenvalue weighted by atomic mass is 28.4. The largest absolute Gasteiger partial charge is 0.349 e. The van der Waals surface area contributed by atoms with Crippen LogP contribution < -0.4 is 9.30 Å². The van der Waals surface area contributed by atoms with Crippen molar-refractivity contribution in [3.05, 3.63) is 0 Å². The molecule has 0 aromatic heterocycles. The van der Waals surface area contributed by atoms with E-state index in [4.69, 9.17) is 0 Å². The van der Waals surface area contributed by atoms with Crippen molar-refractivity contribution in [2.45, 2.75) is 45.8 Å². The SMILES string of the molecule is C[Si](C)N[Si](C)(C)N[Si](C)(C)C. The molecule has 0 bridgehead atoms. The van der Waals surface area contributed by atoms with E-state index >= 15 is 0 Å². The van der Waals surface area contributed by atoms with E-state index < -0.39 is 16.6 Å². The first-order valence-electron chi connectivity index (χ1n) is 4.50. The summed E-state index contributed by atoms with van der Waals surface area (Å²) in [6.07, 6.45) is 0. The molecule has 0 aliphatic carbocycles. The van der Waals surface area contributed by atoms with Crippen LogP contribution >= 0.6 is 0 Å². The van der Waals surface area contributed by atoms with Crippen molar-refractivity contribution >= 4 is 25.6 Å². The van der Waals surface area contributed by atoms with E-state index in [9.17, 15) is 0 Å². The summed E-state index contributed by atoms with van der Waals surface area (Å²) in [5, 5.41) is 0. The van der Waals surface area contributed by atoms with Gasteiger partial charge in [0.15, 0.2) is 8.40 Å². The molecule has 1 radical (unpaired) electrons. The maximum absolute atomic E-state index is 3.82. The fraction of sp³-hybridized carbons (Fsp3) is 1.00. The van der Waals surface area contributed by atoms with E-state index in [0.29, 0.717) is 0 Å². The third kappa shape index (κ3) is 7.23. The zero-order valence-corrected chi connectivity index (χ0v) is 12.5. The van der Waals surface area contributed by atoms with Crippen molar-refractivity contribution in [2.75, 3.05) is 0 Å². The lowest BCUT2D eigenvalue weighted by molar-refractivity contribution is 1.20. The van der Waals surface area contributed by atoms with Gasteiger partial charge in [0.05, 0.1) is 0 Å². The van der Waals surface area contributed by atoms with Crippen LogP contribution in [0.1, 0.15) is 0 Å². The Morgan fingerprint density at radius 1 is 0.917 bits per heavy atom. The van der Waals surface area contributed by atoms with Gasteiger partial charge in [-0.05, 0) is 13.1 Å². The Morgan fingerprint density at radius 2 is 1.33 bits per heavy atom. The van der Waals surface area contributed by atoms with Crippen LogP contribution in [0.3, 0.4) is 0 Å². The smallest absolute Gasteiger partial charge is 0.181 e. The highest BCUT2D eigenvalue weighted by Gasteiger charge is 2.28. The topological polar surface area (TPSA) is 24.1 Å². The lowest BCUT2D eigenvalue weighted by atomic mass is 11.8. The van der Waals surface area contributed by atoms with Crippen LogP contribution in [-0.2, 0) is 0 Å². The minimum atomic E-state index is -1.29. The molecule has 0 unspecified atom stereocenters. The first-order chi connectivity index (χ1) is 5.12. The Bertz CT molecular complexity index is 140. The molecule has 0 amide bonds. The Kier molecular flexibility index (Phi) is 4.39. The minimum absolute atomic E-state index is 0.292. The predicted molar refractivity (Wildman–Crippen MR) is 64.6 cm³/mol. The average molecular weight is 220 g/mol. The Hall–Kier alpha value is 0.571. The number of nitrogens with one attached hydrogen (secondary N) is 2. The maximum Gasteiger partial charge on any atom is 0.181 e. The first-order valence-corrected chi connectivity index (χ1v) is 13.5. The van der Waals surface area contributed by atoms with Gasteiger partial charge in [0.2, 0.25) is 0 Å². The molecular formula is C7H23N2Si3. The molecule has 12 heavy (non-hydrogen) atoms. The Labute approximate surface area is 81.1 Å². The molecule has 0 rings (SSSR count). The van der Waals surface area contributed by atoms with Crippen LogP contribution in [0.4, 0.5) is 0 Å². The summed E-state index contributed by atoms with van der Waals surface area (Å²) >= 11 is 0. The fourth-order valence-electron chi connectivity index (χ4n) is 1.59. The Balaban J connectivity index is 4.04. The van der Waals surface area contributed by atoms with Gasteiger partial charge < -0.3 is 9.30 Å². The van der Waals surface area contributed by atoms with Crippen molar-refractivity contribution in [1.29, 1.82) is 0 Å². The molecule has 0 saturated heterocycles. The molecular weight excluding hydrogens is 196 g/mol. The molecule has 0 aliphatic heterocycles. The van der Waals surface area contributed by atoms with Crippen molar-refractivity contribution in [3.8, 4) is 0 Å². The molecule has 0 spiro atoms. The molecule has 2 N–H and O–H groups in total. The van der Waals surface area contributed by atoms with E-state index in [1.807, 2.05) is 0 Å². The van der Waals surface area contributed by atoms with Gasteiger partial charge in [0, 0.05) is 0 Å². The summed E-state index contributed by atoms with van der Waals surface area (Å²) in [6.45, 7) is 16.4. The molecule has 73 valence electrons. The molecule has 2 nitrogen and oxygen atoms in total. The summed E-state index contributed by atoms with van der Waals surface area (Å²) in [5.41, 5.74) is 0. The van der Waals surface area contributed by atoms with Crippen molar-refractivity contribution < 1.29 is 0 Å². The molecule has 0 saturated carbocycles. The molecule has 0 atom stereocenters. The summed E-state index contributed by atoms with van der Waals surface area (Å²) < 4.78 is 7.56. The van der Waals surface area contributed by atoms with Gasteiger partial charge in [-0.25, -0.2) is 0 Å². The highest BCUT2D eigenvalue weighted by molar-refractivity contribution is 6.93. The summed E-state index contributed by atoms with van der Waals surface area (Å²) in [7, 11) is -2.68. The summed E-state index contributed by atoms with van der Waals surface area (Å²) in [6, 6.07) is 0. The molecule has 0 fully saturated rings. The first kappa shape index (κ1) is 12.6. The van der Waals surface area contributed by atoms with Crippen LogP contribution in [-0.4, -0.2) is 25.6 Å². The zero-order chi connectivity index (χ0) is 9.99. The molecule has 0 aromatic rings. The van der Waals surface area contributed by atoms with Crippen LogP contribution in [0.2, 0.25) is 45.8 Å². The number of hydrogen-bond acceptors (Lipinski definition) is 2. The third-order valence-electron chi connectivity index (χ3n) is 1.25. The third-order valence-corrected chi connectivity index (χ3v) is 11.2. The lowest BCUT2D eigenvalue weighted by Crippen LogP contribution is -2.67. The maximum atomic E-state index is 3.82. The van der Waals surface area contributed by atoms with Gasteiger partial charge in [-0.15, -0.1) is 0 Å². The average Bonchev–Trinajstić information content (AvgIpc) is 1.48. The van der Waals surface area contributed by atoms with Gasteiger partial charge in [-0.3, -0.25) is 0 Å². The van der Waals surface area contributed by atoms with E-state index in [1.54, 1.807) is 0 Å². The zero-order valence-electron chi connectivity index (χ0n) is 9.50. The minimum Gasteiger partial charge on any atom is -0.349 e. The molecule has 5 heteroatoms. The van der Waals surface area contributed by atoms with E-state index in [2.05, 4.69) is 55.1 Å². The second-order valence-corrected chi connectivity index (χ2v) is 16.9. The van der Waals surface area contributed by atoms with Gasteiger partial charge in [-0.1, -0.05) is 32.7 Å². The van der Waals surface area contributed by atoms with E-state index in [1.165, 1.54) is 0 Å². The van der Waals surface area contributed by atoms with Crippen LogP contribution in [0, 0.1) is 0 Å². The second kappa shape index (κ2) is 4.19. The van der Waals surface area contributed by atoms with Gasteiger partial charge >= 0.3 is 0 Å². The van der Waals surface area contributed by atoms with Crippen molar-refractivity contribution in [2.24, 2.45) is 0 Å². The fourth-order valence-corrected chi connectivity index (χ4v) is 14.9. The van der Waals surface area contributed by atoms with Crippen molar-refractivity contribution in [3.63, 3.8) is 0 Å². The van der Waals surface area contributed by atoms with Crippen LogP contribution in [0.15, 0.2) is 0 Å². The predicted octanol–water partition coefficient (Wildman–Crippen LogP) is 1.95. The van der Waals surface area contributed by atoms with Gasteiger partial charge in [-0.2, -0.15) is 0 Å². The molecule has 0 heterocycles. The monoisotopic (exact) mass is 219 g/mol. The number of hydrogen-bond donors (Lipinski definition) is 2. The summed E-state index contributed by atoms with van der Waals surface area (Å²) in [5.74, 6) is 0. The quantitative estimate of drug-likeness (QED) is 0.707. The van der Waals surface area contributed by atoms with Crippen LogP contribution in [0.25, 0.3) is 0 Å². The lowest BCUT2D eigenvalue weighted by Gasteiger charge is -2.33. The molecule has 0 aliphatic rings. The van der Waals surface area contributed by atoms with Gasteiger partial charge in [0.25, 0.3) is 0 Å². The standard InChI is InChI=1S/C7H23N2Si3/c1-10(2)8-12(6,7)9-11(3,4)5/h8-9H,1-7H3. The second-order valence-electron chi connectivity index (χ2n) is 5.12. The number of rotatable bonds is 4. The normalized spacial score (nSPS) is 14.0. The van der Waals surface area contributed by atoms with Crippen molar-refractivity contribution in [1.82, 2.24) is 9.30 Å². The molecule has 0 aromatic carbocycles. The van der Waals surface area contributed by atoms with E-state index in [0.717, 1.165) is 0 Å². The van der Waals surface area contributed by atoms with Gasteiger partial charge in [0.1, 0.15) is 17.2 Å². The van der Waals surface area contributed by atoms with E-state index in [-0.39, 0.29) is 8.96 Å². The van der Waals surface area contributed by atoms with Crippen LogP contribution in [0.5, 0.6) is 0 Å². The Morgan fingerprint density at radius 3 is 1.58 bits per heavy atom.